The van der Waals surface area contributed by atoms with Gasteiger partial charge in [-0.1, -0.05) is 0 Å². The zero-order valence-corrected chi connectivity index (χ0v) is 9.56. The molecule has 0 amide bonds. The molecule has 1 fully saturated rings. The molecule has 0 saturated heterocycles. The highest BCUT2D eigenvalue weighted by molar-refractivity contribution is 5.59. The molecular weight excluding hydrogens is 210 g/mol. The van der Waals surface area contributed by atoms with Gasteiger partial charge in [0.15, 0.2) is 0 Å². The first-order chi connectivity index (χ1) is 7.52. The fraction of sp³-hybridized carbons (Fsp3) is 0.500. The molecule has 2 N–H and O–H groups in total. The Hall–Kier alpha value is -1.16. The molecule has 0 heterocycles. The maximum Gasteiger partial charge on any atom is 0.146 e. The maximum atomic E-state index is 13.9. The Morgan fingerprint density at radius 3 is 2.25 bits per heavy atom. The molecule has 0 spiro atoms. The molecule has 2 nitrogen and oxygen atoms in total. The number of hydrogen-bond donors (Lipinski definition) is 1. The highest BCUT2D eigenvalue weighted by atomic mass is 19.1. The normalized spacial score (nSPS) is 17.3. The van der Waals surface area contributed by atoms with Crippen molar-refractivity contribution < 1.29 is 8.78 Å². The van der Waals surface area contributed by atoms with Crippen LogP contribution in [0.4, 0.5) is 14.5 Å². The zero-order valence-electron chi connectivity index (χ0n) is 9.56. The Kier molecular flexibility index (Phi) is 2.62. The van der Waals surface area contributed by atoms with Crippen molar-refractivity contribution in [1.29, 1.82) is 0 Å². The summed E-state index contributed by atoms with van der Waals surface area (Å²) in [6.45, 7) is 0.369. The van der Waals surface area contributed by atoms with E-state index < -0.39 is 0 Å². The fourth-order valence-corrected chi connectivity index (χ4v) is 2.19. The molecule has 0 bridgehead atoms. The molecule has 0 radical (unpaired) electrons. The summed E-state index contributed by atoms with van der Waals surface area (Å²) in [7, 11) is 3.43. The topological polar surface area (TPSA) is 29.3 Å². The van der Waals surface area contributed by atoms with Gasteiger partial charge in [0.1, 0.15) is 11.6 Å². The lowest BCUT2D eigenvalue weighted by Crippen LogP contribution is -2.25. The summed E-state index contributed by atoms with van der Waals surface area (Å²) in [5.41, 5.74) is 6.12. The van der Waals surface area contributed by atoms with Gasteiger partial charge in [0.25, 0.3) is 0 Å². The van der Waals surface area contributed by atoms with Crippen LogP contribution in [0.1, 0.15) is 18.4 Å². The van der Waals surface area contributed by atoms with E-state index in [1.807, 2.05) is 0 Å². The van der Waals surface area contributed by atoms with Crippen LogP contribution in [-0.4, -0.2) is 20.6 Å². The van der Waals surface area contributed by atoms with Crippen LogP contribution in [0.5, 0.6) is 0 Å². The summed E-state index contributed by atoms with van der Waals surface area (Å²) < 4.78 is 27.6. The fourth-order valence-electron chi connectivity index (χ4n) is 2.19. The van der Waals surface area contributed by atoms with E-state index in [0.29, 0.717) is 17.8 Å². The van der Waals surface area contributed by atoms with Crippen LogP contribution >= 0.6 is 0 Å². The molecule has 16 heavy (non-hydrogen) atoms. The van der Waals surface area contributed by atoms with Gasteiger partial charge in [0.05, 0.1) is 5.69 Å². The lowest BCUT2D eigenvalue weighted by molar-refractivity contribution is 0.554. The first-order valence-electron chi connectivity index (χ1n) is 5.38. The van der Waals surface area contributed by atoms with Crippen molar-refractivity contribution >= 4 is 5.69 Å². The van der Waals surface area contributed by atoms with E-state index in [1.54, 1.807) is 19.0 Å². The SMILES string of the molecule is CN(C)c1c(F)ccc(F)c1C1(CN)CC1. The molecule has 0 atom stereocenters. The largest absolute Gasteiger partial charge is 0.375 e. The number of hydrogen-bond acceptors (Lipinski definition) is 2. The molecule has 1 saturated carbocycles. The number of benzene rings is 1. The maximum absolute atomic E-state index is 13.9. The molecule has 0 unspecified atom stereocenters. The standard InChI is InChI=1S/C12H16F2N2/c1-16(2)11-9(14)4-3-8(13)10(11)12(7-15)5-6-12/h3-4H,5-7,15H2,1-2H3. The summed E-state index contributed by atoms with van der Waals surface area (Å²) in [5.74, 6) is -0.742. The van der Waals surface area contributed by atoms with Gasteiger partial charge in [-0.15, -0.1) is 0 Å². The minimum Gasteiger partial charge on any atom is -0.375 e. The number of halogens is 2. The number of nitrogens with two attached hydrogens (primary N) is 1. The van der Waals surface area contributed by atoms with Crippen molar-refractivity contribution in [2.45, 2.75) is 18.3 Å². The predicted molar refractivity (Wildman–Crippen MR) is 60.7 cm³/mol. The summed E-state index contributed by atoms with van der Waals surface area (Å²) >= 11 is 0. The Balaban J connectivity index is 2.62. The van der Waals surface area contributed by atoms with E-state index in [1.165, 1.54) is 12.1 Å². The van der Waals surface area contributed by atoms with E-state index in [2.05, 4.69) is 0 Å². The van der Waals surface area contributed by atoms with Gasteiger partial charge in [-0.3, -0.25) is 0 Å². The van der Waals surface area contributed by atoms with Gasteiger partial charge in [-0.2, -0.15) is 0 Å². The first-order valence-corrected chi connectivity index (χ1v) is 5.38. The van der Waals surface area contributed by atoms with Crippen LogP contribution in [0.3, 0.4) is 0 Å². The lowest BCUT2D eigenvalue weighted by Gasteiger charge is -2.24. The highest BCUT2D eigenvalue weighted by Gasteiger charge is 2.47. The lowest BCUT2D eigenvalue weighted by atomic mass is 9.93. The summed E-state index contributed by atoms with van der Waals surface area (Å²) in [6, 6.07) is 2.36. The smallest absolute Gasteiger partial charge is 0.146 e. The van der Waals surface area contributed by atoms with E-state index >= 15 is 0 Å². The zero-order chi connectivity index (χ0) is 11.9. The Morgan fingerprint density at radius 1 is 1.25 bits per heavy atom. The predicted octanol–water partition coefficient (Wildman–Crippen LogP) is 2.02. The average Bonchev–Trinajstić information content (AvgIpc) is 3.01. The first kappa shape index (κ1) is 11.3. The highest BCUT2D eigenvalue weighted by Crippen LogP contribution is 2.51. The van der Waals surface area contributed by atoms with Crippen LogP contribution < -0.4 is 10.6 Å². The molecule has 88 valence electrons. The molecular formula is C12H16F2N2. The number of anilines is 1. The van der Waals surface area contributed by atoms with Gasteiger partial charge in [0.2, 0.25) is 0 Å². The van der Waals surface area contributed by atoms with E-state index in [0.717, 1.165) is 12.8 Å². The Morgan fingerprint density at radius 2 is 1.81 bits per heavy atom. The van der Waals surface area contributed by atoms with Crippen LogP contribution in [0, 0.1) is 11.6 Å². The number of nitrogens with zero attached hydrogens (tertiary/aromatic N) is 1. The van der Waals surface area contributed by atoms with E-state index in [4.69, 9.17) is 5.73 Å². The third-order valence-electron chi connectivity index (χ3n) is 3.30. The molecule has 1 aromatic carbocycles. The van der Waals surface area contributed by atoms with Crippen molar-refractivity contribution in [1.82, 2.24) is 0 Å². The van der Waals surface area contributed by atoms with Gasteiger partial charge in [0, 0.05) is 31.6 Å². The quantitative estimate of drug-likeness (QED) is 0.854. The van der Waals surface area contributed by atoms with Crippen molar-refractivity contribution in [3.63, 3.8) is 0 Å². The van der Waals surface area contributed by atoms with Crippen LogP contribution in [-0.2, 0) is 5.41 Å². The van der Waals surface area contributed by atoms with Crippen LogP contribution in [0.2, 0.25) is 0 Å². The molecule has 2 rings (SSSR count). The van der Waals surface area contributed by atoms with E-state index in [-0.39, 0.29) is 17.0 Å². The molecule has 0 aromatic heterocycles. The van der Waals surface area contributed by atoms with Crippen LogP contribution in [0.15, 0.2) is 12.1 Å². The summed E-state index contributed by atoms with van der Waals surface area (Å²) in [4.78, 5) is 1.61. The second-order valence-electron chi connectivity index (χ2n) is 4.63. The molecule has 0 aliphatic heterocycles. The number of rotatable bonds is 3. The monoisotopic (exact) mass is 226 g/mol. The van der Waals surface area contributed by atoms with Gasteiger partial charge in [-0.25, -0.2) is 8.78 Å². The van der Waals surface area contributed by atoms with Crippen molar-refractivity contribution in [3.05, 3.63) is 29.3 Å². The molecule has 1 aromatic rings. The minimum absolute atomic E-state index is 0.336. The van der Waals surface area contributed by atoms with Crippen LogP contribution in [0.25, 0.3) is 0 Å². The van der Waals surface area contributed by atoms with Crippen molar-refractivity contribution in [3.8, 4) is 0 Å². The average molecular weight is 226 g/mol. The van der Waals surface area contributed by atoms with Crippen molar-refractivity contribution in [2.75, 3.05) is 25.5 Å². The second kappa shape index (κ2) is 3.70. The third kappa shape index (κ3) is 1.57. The Bertz CT molecular complexity index is 412. The van der Waals surface area contributed by atoms with Gasteiger partial charge in [-0.05, 0) is 25.0 Å². The minimum atomic E-state index is -0.388. The Labute approximate surface area is 94.0 Å². The van der Waals surface area contributed by atoms with E-state index in [9.17, 15) is 8.78 Å². The summed E-state index contributed by atoms with van der Waals surface area (Å²) in [5, 5.41) is 0. The van der Waals surface area contributed by atoms with Gasteiger partial charge >= 0.3 is 0 Å². The van der Waals surface area contributed by atoms with Gasteiger partial charge < -0.3 is 10.6 Å². The molecule has 4 heteroatoms. The summed E-state index contributed by atoms with van der Waals surface area (Å²) in [6.07, 6.45) is 1.68. The van der Waals surface area contributed by atoms with Crippen molar-refractivity contribution in [2.24, 2.45) is 5.73 Å². The molecule has 1 aliphatic carbocycles. The second-order valence-corrected chi connectivity index (χ2v) is 4.63. The molecule has 1 aliphatic rings. The third-order valence-corrected chi connectivity index (χ3v) is 3.30.